The van der Waals surface area contributed by atoms with E-state index in [1.807, 2.05) is 6.08 Å². The highest BCUT2D eigenvalue weighted by atomic mass is 16.8. The molecule has 6 heterocycles. The van der Waals surface area contributed by atoms with Crippen molar-refractivity contribution in [1.29, 1.82) is 0 Å². The second-order valence-electron chi connectivity index (χ2n) is 33.5. The molecule has 0 aromatic carbocycles. The van der Waals surface area contributed by atoms with Crippen molar-refractivity contribution in [3.05, 3.63) is 12.2 Å². The molecule has 6 aliphatic rings. The van der Waals surface area contributed by atoms with Gasteiger partial charge in [-0.05, 0) is 19.3 Å². The van der Waals surface area contributed by atoms with Crippen LogP contribution in [0.1, 0.15) is 234 Å². The Hall–Kier alpha value is -4.11. The van der Waals surface area contributed by atoms with Gasteiger partial charge in [-0.3, -0.25) is 19.2 Å². The predicted molar refractivity (Wildman–Crippen MR) is 432 cm³/mol. The van der Waals surface area contributed by atoms with Crippen LogP contribution in [0.3, 0.4) is 0 Å². The highest BCUT2D eigenvalue weighted by Crippen LogP contribution is 2.42. The molecule has 0 spiro atoms. The van der Waals surface area contributed by atoms with Gasteiger partial charge in [0.2, 0.25) is 23.6 Å². The normalized spacial score (nSPS) is 35.4. The molecule has 4 amide bonds. The van der Waals surface area contributed by atoms with E-state index in [0.717, 1.165) is 78.6 Å². The highest BCUT2D eigenvalue weighted by Gasteiger charge is 2.63. The number of hydrogen-bond acceptors (Lipinski definition) is 35. The van der Waals surface area contributed by atoms with E-state index in [1.165, 1.54) is 116 Å². The molecule has 40 heteroatoms. The van der Waals surface area contributed by atoms with Gasteiger partial charge in [0.1, 0.15) is 140 Å². The summed E-state index contributed by atoms with van der Waals surface area (Å²) in [5.41, 5.74) is 0. The minimum atomic E-state index is -3.42. The molecule has 6 rings (SSSR count). The molecule has 6 fully saturated rings. The van der Waals surface area contributed by atoms with E-state index in [4.69, 9.17) is 56.8 Å². The van der Waals surface area contributed by atoms with Crippen LogP contribution in [-0.4, -0.2) is 375 Å². The highest BCUT2D eigenvalue weighted by molar-refractivity contribution is 5.77. The van der Waals surface area contributed by atoms with Crippen LogP contribution in [0.15, 0.2) is 12.2 Å². The fraction of sp³-hybridized carbons (Fsp3) is 0.916. The summed E-state index contributed by atoms with van der Waals surface area (Å²) in [7, 11) is 0. The Bertz CT molecular complexity index is 3000. The Morgan fingerprint density at radius 3 is 1.31 bits per heavy atom. The van der Waals surface area contributed by atoms with Crippen LogP contribution in [-0.2, 0) is 80.8 Å². The van der Waals surface area contributed by atoms with E-state index in [1.54, 1.807) is 6.08 Å². The van der Waals surface area contributed by atoms with E-state index < -0.39 is 278 Å². The lowest BCUT2D eigenvalue weighted by atomic mass is 9.88. The van der Waals surface area contributed by atoms with E-state index in [2.05, 4.69) is 35.1 Å². The van der Waals surface area contributed by atoms with Crippen molar-refractivity contribution in [2.75, 3.05) is 46.2 Å². The van der Waals surface area contributed by atoms with Crippen LogP contribution in [0.2, 0.25) is 0 Å². The monoisotopic (exact) mass is 1780 g/mol. The molecule has 23 N–H and O–H groups in total. The molecule has 0 radical (unpaired) electrons. The lowest BCUT2D eigenvalue weighted by molar-refractivity contribution is -0.400. The summed E-state index contributed by atoms with van der Waals surface area (Å²) in [6.07, 6.45) is -23.2. The first-order valence-electron chi connectivity index (χ1n) is 44.6. The van der Waals surface area contributed by atoms with Gasteiger partial charge in [0, 0.05) is 33.6 Å². The first-order valence-corrected chi connectivity index (χ1v) is 44.6. The van der Waals surface area contributed by atoms with Gasteiger partial charge in [-0.15, -0.1) is 0 Å². The van der Waals surface area contributed by atoms with Crippen molar-refractivity contribution in [2.24, 2.45) is 0 Å². The number of rotatable bonds is 58. The minimum absolute atomic E-state index is 0.146. The van der Waals surface area contributed by atoms with Crippen molar-refractivity contribution >= 4 is 29.6 Å². The summed E-state index contributed by atoms with van der Waals surface area (Å²) >= 11 is 0. The van der Waals surface area contributed by atoms with Crippen molar-refractivity contribution in [3.8, 4) is 0 Å². The maximum Gasteiger partial charge on any atom is 0.364 e. The first-order chi connectivity index (χ1) is 58.9. The lowest BCUT2D eigenvalue weighted by Crippen LogP contribution is -2.72. The predicted octanol–water partition coefficient (Wildman–Crippen LogP) is -2.29. The molecule has 0 saturated carbocycles. The number of allylic oxidation sites excluding steroid dienone is 1. The minimum Gasteiger partial charge on any atom is -0.477 e. The molecule has 716 valence electrons. The van der Waals surface area contributed by atoms with Gasteiger partial charge in [-0.1, -0.05) is 193 Å². The molecule has 6 saturated heterocycles. The average Bonchev–Trinajstić information content (AvgIpc) is 0.746. The smallest absolute Gasteiger partial charge is 0.364 e. The Balaban J connectivity index is 1.20. The molecule has 40 nitrogen and oxygen atoms in total. The average molecular weight is 1780 g/mol. The second kappa shape index (κ2) is 56.5. The zero-order valence-corrected chi connectivity index (χ0v) is 71.9. The zero-order valence-electron chi connectivity index (χ0n) is 71.9. The number of aliphatic hydroxyl groups is 18. The third-order valence-corrected chi connectivity index (χ3v) is 23.6. The second-order valence-corrected chi connectivity index (χ2v) is 33.5. The largest absolute Gasteiger partial charge is 0.477 e. The quantitative estimate of drug-likeness (QED) is 0.0225. The molecular formula is C83H148N4O36. The van der Waals surface area contributed by atoms with Crippen LogP contribution in [0.5, 0.6) is 0 Å². The van der Waals surface area contributed by atoms with Crippen LogP contribution >= 0.6 is 0 Å². The number of unbranched alkanes of at least 4 members (excludes halogenated alkanes) is 27. The number of hydrogen-bond donors (Lipinski definition) is 23. The van der Waals surface area contributed by atoms with Gasteiger partial charge >= 0.3 is 5.97 Å². The number of carboxylic acid groups (broad SMARTS) is 1. The van der Waals surface area contributed by atoms with Gasteiger partial charge in [-0.25, -0.2) is 4.79 Å². The summed E-state index contributed by atoms with van der Waals surface area (Å²) in [6, 6.07) is -6.75. The van der Waals surface area contributed by atoms with E-state index in [0.29, 0.717) is 12.8 Å². The van der Waals surface area contributed by atoms with Gasteiger partial charge in [0.05, 0.1) is 70.5 Å². The summed E-state index contributed by atoms with van der Waals surface area (Å²) < 4.78 is 72.4. The molecule has 0 aliphatic carbocycles. The topological polar surface area (TPSA) is 629 Å². The first kappa shape index (κ1) is 108. The Kier molecular flexibility index (Phi) is 49.4. The summed E-state index contributed by atoms with van der Waals surface area (Å²) in [5, 5.41) is 225. The number of aliphatic carboxylic acids is 1. The number of ether oxygens (including phenoxy) is 12. The number of aliphatic hydroxyl groups excluding tert-OH is 18. The Labute approximate surface area is 719 Å². The Morgan fingerprint density at radius 1 is 0.423 bits per heavy atom. The lowest BCUT2D eigenvalue weighted by Gasteiger charge is -2.53. The van der Waals surface area contributed by atoms with Crippen LogP contribution < -0.4 is 21.3 Å². The van der Waals surface area contributed by atoms with E-state index >= 15 is 0 Å². The van der Waals surface area contributed by atoms with Gasteiger partial charge in [-0.2, -0.15) is 0 Å². The number of nitrogens with one attached hydrogen (secondary N) is 4. The molecule has 123 heavy (non-hydrogen) atoms. The van der Waals surface area contributed by atoms with Gasteiger partial charge < -0.3 is 175 Å². The standard InChI is InChI=1S/C83H148N4O36/c1-6-8-10-12-14-16-18-20-21-22-23-25-27-29-31-33-35-37-58(100)87-49(50(97)36-34-32-30-28-26-24-19-17-15-13-11-9-7-2)45-112-79-68(107)67(106)71(56(43-92)116-79)118-80-69(108)75(65(104)55(42-91)115-80)121-78-61(86-48(5)96)73(64(103)54(41-90)114-78)120-81-70(109)76(72(57(44-93)117-81)119-77-60(85-47(4)95)66(105)63(102)53(40-89)113-77)123-83(82(110)111)38-51(98)59(84-46(3)94)74(122-83)62(101)52(99)39-88/h34,36,49-57,59-81,88-93,97-99,101-109H,6-33,35,37-45H2,1-5H3,(H,84,94)(H,85,95)(H,86,96)(H,87,100)(H,110,111)/b36-34+/t49-,50+,51?,52+,53?,54?,55?,56?,57?,59+,60?,61?,62+,63-,64+,65-,66+,67+,68?,69?,70?,71+,72-,73+,74?,75-,76+,77-,78-,79+,80-,81-,83-/m0/s1. The molecule has 0 aromatic heterocycles. The molecule has 6 aliphatic heterocycles. The third-order valence-electron chi connectivity index (χ3n) is 23.6. The Morgan fingerprint density at radius 2 is 0.821 bits per heavy atom. The van der Waals surface area contributed by atoms with Crippen LogP contribution in [0, 0.1) is 0 Å². The maximum absolute atomic E-state index is 13.8. The van der Waals surface area contributed by atoms with Crippen molar-refractivity contribution in [2.45, 2.75) is 435 Å². The van der Waals surface area contributed by atoms with E-state index in [-0.39, 0.29) is 12.3 Å². The van der Waals surface area contributed by atoms with Crippen molar-refractivity contribution < 1.29 is 178 Å². The van der Waals surface area contributed by atoms with Crippen molar-refractivity contribution in [1.82, 2.24) is 21.3 Å². The number of carbonyl (C=O) groups is 5. The summed E-state index contributed by atoms with van der Waals surface area (Å²) in [4.78, 5) is 65.9. The fourth-order valence-corrected chi connectivity index (χ4v) is 16.6. The molecule has 0 bridgehead atoms. The summed E-state index contributed by atoms with van der Waals surface area (Å²) in [6.45, 7) is 0.0215. The van der Waals surface area contributed by atoms with E-state index in [9.17, 15) is 121 Å². The van der Waals surface area contributed by atoms with Crippen LogP contribution in [0.25, 0.3) is 0 Å². The zero-order chi connectivity index (χ0) is 90.5. The van der Waals surface area contributed by atoms with Gasteiger partial charge in [0.15, 0.2) is 31.5 Å². The maximum atomic E-state index is 13.8. The fourth-order valence-electron chi connectivity index (χ4n) is 16.6. The molecule has 0 aromatic rings. The molecule has 33 atom stereocenters. The summed E-state index contributed by atoms with van der Waals surface area (Å²) in [5.74, 6) is -8.74. The number of carboxylic acids is 1. The third kappa shape index (κ3) is 32.7. The van der Waals surface area contributed by atoms with Gasteiger partial charge in [0.25, 0.3) is 5.79 Å². The molecule has 12 unspecified atom stereocenters. The van der Waals surface area contributed by atoms with Crippen molar-refractivity contribution in [3.63, 3.8) is 0 Å². The number of carbonyl (C=O) groups excluding carboxylic acids is 4. The van der Waals surface area contributed by atoms with Crippen LogP contribution in [0.4, 0.5) is 0 Å². The number of amides is 4. The SMILES string of the molecule is CCCCCCCCCCCCC/C=C/[C@@H](O)[C@H](CO[C@@H]1OC(CO)[C@@H](O[C@@H]2OC(CO)[C@H](O)[C@H](O[C@@H]3OC(CO)[C@@H](O)[C@H](O[C@@H]4OC(CO)[C@H](O[C@@H]5OC(CO)[C@H](O)[C@H](O)C5NC(C)=O)[C@H](O[C@]5(C(=O)O)CC(O)[C@@H](NC(C)=O)C([C@H](O)[C@H](O)CO)O5)C4O)C3NC(C)=O)C2O)[C@H](O)C1O)NC(=O)CCCCCCCCCCCCCCCCCCC. The molecular weight excluding hydrogens is 1630 g/mol.